The first-order valence-electron chi connectivity index (χ1n) is 6.11. The predicted octanol–water partition coefficient (Wildman–Crippen LogP) is 2.68. The van der Waals surface area contributed by atoms with Gasteiger partial charge in [0.15, 0.2) is 0 Å². The highest BCUT2D eigenvalue weighted by Crippen LogP contribution is 2.28. The topological polar surface area (TPSA) is 79.7 Å². The molecule has 0 spiro atoms. The van der Waals surface area contributed by atoms with Crippen LogP contribution in [0.4, 0.5) is 0 Å². The summed E-state index contributed by atoms with van der Waals surface area (Å²) in [6.45, 7) is 3.27. The number of carboxylic acid groups (broad SMARTS) is 1. The van der Waals surface area contributed by atoms with Gasteiger partial charge in [-0.2, -0.15) is 0 Å². The van der Waals surface area contributed by atoms with E-state index in [1.807, 2.05) is 0 Å². The van der Waals surface area contributed by atoms with Gasteiger partial charge in [0.1, 0.15) is 11.3 Å². The van der Waals surface area contributed by atoms with Crippen molar-refractivity contribution in [3.05, 3.63) is 52.7 Å². The molecule has 0 radical (unpaired) electrons. The number of rotatable bonds is 4. The van der Waals surface area contributed by atoms with Crippen molar-refractivity contribution in [1.82, 2.24) is 4.98 Å². The molecular formula is C15H15NO4. The van der Waals surface area contributed by atoms with Crippen molar-refractivity contribution in [2.45, 2.75) is 20.5 Å². The Morgan fingerprint density at radius 3 is 2.65 bits per heavy atom. The highest BCUT2D eigenvalue weighted by atomic mass is 16.5. The average Bonchev–Trinajstić information content (AvgIpc) is 2.38. The molecule has 0 aliphatic heterocycles. The second-order valence-electron chi connectivity index (χ2n) is 4.43. The van der Waals surface area contributed by atoms with E-state index >= 15 is 0 Å². The fourth-order valence-electron chi connectivity index (χ4n) is 1.97. The maximum atomic E-state index is 11.3. The zero-order valence-electron chi connectivity index (χ0n) is 11.3. The van der Waals surface area contributed by atoms with E-state index in [0.717, 1.165) is 0 Å². The van der Waals surface area contributed by atoms with Crippen LogP contribution in [0, 0.1) is 13.8 Å². The van der Waals surface area contributed by atoms with Gasteiger partial charge in [-0.1, -0.05) is 18.2 Å². The van der Waals surface area contributed by atoms with Gasteiger partial charge >= 0.3 is 5.97 Å². The van der Waals surface area contributed by atoms with E-state index in [9.17, 15) is 15.0 Å². The minimum absolute atomic E-state index is 0.0309. The van der Waals surface area contributed by atoms with Gasteiger partial charge in [-0.25, -0.2) is 9.78 Å². The number of hydrogen-bond donors (Lipinski definition) is 2. The lowest BCUT2D eigenvalue weighted by molar-refractivity contribution is 0.0692. The molecule has 2 rings (SSSR count). The van der Waals surface area contributed by atoms with Crippen LogP contribution in [-0.4, -0.2) is 21.2 Å². The summed E-state index contributed by atoms with van der Waals surface area (Å²) in [5, 5.41) is 18.5. The summed E-state index contributed by atoms with van der Waals surface area (Å²) in [7, 11) is 0. The molecule has 2 aromatic rings. The van der Waals surface area contributed by atoms with Crippen molar-refractivity contribution in [3.8, 4) is 11.6 Å². The zero-order valence-corrected chi connectivity index (χ0v) is 11.3. The number of aryl methyl sites for hydroxylation is 2. The lowest BCUT2D eigenvalue weighted by Gasteiger charge is -2.12. The number of para-hydroxylation sites is 1. The molecule has 0 fully saturated rings. The summed E-state index contributed by atoms with van der Waals surface area (Å²) < 4.78 is 5.60. The van der Waals surface area contributed by atoms with E-state index in [4.69, 9.17) is 4.74 Å². The van der Waals surface area contributed by atoms with Gasteiger partial charge in [-0.05, 0) is 31.5 Å². The number of carbonyl (C=O) groups is 1. The van der Waals surface area contributed by atoms with E-state index in [0.29, 0.717) is 22.6 Å². The summed E-state index contributed by atoms with van der Waals surface area (Å²) >= 11 is 0. The third-order valence-electron chi connectivity index (χ3n) is 2.87. The van der Waals surface area contributed by atoms with Gasteiger partial charge in [-0.15, -0.1) is 0 Å². The fraction of sp³-hybridized carbons (Fsp3) is 0.200. The van der Waals surface area contributed by atoms with Crippen LogP contribution in [0.15, 0.2) is 30.3 Å². The summed E-state index contributed by atoms with van der Waals surface area (Å²) in [4.78, 5) is 15.5. The first-order valence-corrected chi connectivity index (χ1v) is 6.11. The number of aliphatic hydroxyl groups excluding tert-OH is 1. The third-order valence-corrected chi connectivity index (χ3v) is 2.87. The molecule has 1 aromatic heterocycles. The number of hydrogen-bond acceptors (Lipinski definition) is 4. The van der Waals surface area contributed by atoms with Gasteiger partial charge in [0.2, 0.25) is 5.88 Å². The van der Waals surface area contributed by atoms with E-state index in [1.54, 1.807) is 44.2 Å². The van der Waals surface area contributed by atoms with E-state index in [-0.39, 0.29) is 18.1 Å². The quantitative estimate of drug-likeness (QED) is 0.895. The third kappa shape index (κ3) is 2.78. The Balaban J connectivity index is 2.50. The Morgan fingerprint density at radius 2 is 2.00 bits per heavy atom. The number of benzene rings is 1. The van der Waals surface area contributed by atoms with Crippen molar-refractivity contribution in [2.24, 2.45) is 0 Å². The summed E-state index contributed by atoms with van der Waals surface area (Å²) in [5.41, 5.74) is 1.86. The SMILES string of the molecule is Cc1cc(C)c(C(=O)O)c(Oc2ccccc2CO)n1. The molecule has 0 amide bonds. The lowest BCUT2D eigenvalue weighted by Crippen LogP contribution is -2.06. The van der Waals surface area contributed by atoms with E-state index < -0.39 is 5.97 Å². The Bertz CT molecular complexity index is 652. The average molecular weight is 273 g/mol. The Hall–Kier alpha value is -2.40. The monoisotopic (exact) mass is 273 g/mol. The Labute approximate surface area is 116 Å². The summed E-state index contributed by atoms with van der Waals surface area (Å²) in [6, 6.07) is 8.58. The van der Waals surface area contributed by atoms with Crippen molar-refractivity contribution >= 4 is 5.97 Å². The molecule has 0 aliphatic carbocycles. The number of pyridine rings is 1. The van der Waals surface area contributed by atoms with Crippen LogP contribution < -0.4 is 4.74 Å². The molecule has 0 atom stereocenters. The van der Waals surface area contributed by atoms with Crippen molar-refractivity contribution in [2.75, 3.05) is 0 Å². The first kappa shape index (κ1) is 14.0. The van der Waals surface area contributed by atoms with Crippen molar-refractivity contribution in [3.63, 3.8) is 0 Å². The summed E-state index contributed by atoms with van der Waals surface area (Å²) in [6.07, 6.45) is 0. The number of aromatic nitrogens is 1. The minimum Gasteiger partial charge on any atom is -0.477 e. The maximum absolute atomic E-state index is 11.3. The maximum Gasteiger partial charge on any atom is 0.341 e. The lowest BCUT2D eigenvalue weighted by atomic mass is 10.1. The number of ether oxygens (including phenoxy) is 1. The van der Waals surface area contributed by atoms with Crippen LogP contribution >= 0.6 is 0 Å². The smallest absolute Gasteiger partial charge is 0.341 e. The van der Waals surface area contributed by atoms with Gasteiger partial charge in [0.05, 0.1) is 6.61 Å². The van der Waals surface area contributed by atoms with Gasteiger partial charge in [-0.3, -0.25) is 0 Å². The molecule has 0 aliphatic rings. The second kappa shape index (κ2) is 5.71. The first-order chi connectivity index (χ1) is 9.52. The highest BCUT2D eigenvalue weighted by Gasteiger charge is 2.18. The molecule has 5 nitrogen and oxygen atoms in total. The Kier molecular flexibility index (Phi) is 4.00. The van der Waals surface area contributed by atoms with Gasteiger partial charge in [0, 0.05) is 11.3 Å². The molecule has 20 heavy (non-hydrogen) atoms. The highest BCUT2D eigenvalue weighted by molar-refractivity contribution is 5.92. The Morgan fingerprint density at radius 1 is 1.30 bits per heavy atom. The standard InChI is InChI=1S/C15H15NO4/c1-9-7-10(2)16-14(13(9)15(18)19)20-12-6-4-3-5-11(12)8-17/h3-7,17H,8H2,1-2H3,(H,18,19). The largest absolute Gasteiger partial charge is 0.477 e. The molecule has 104 valence electrons. The normalized spacial score (nSPS) is 10.3. The fourth-order valence-corrected chi connectivity index (χ4v) is 1.97. The van der Waals surface area contributed by atoms with Gasteiger partial charge < -0.3 is 14.9 Å². The second-order valence-corrected chi connectivity index (χ2v) is 4.43. The number of aromatic carboxylic acids is 1. The number of carboxylic acids is 1. The van der Waals surface area contributed by atoms with Crippen LogP contribution in [0.3, 0.4) is 0 Å². The van der Waals surface area contributed by atoms with Crippen LogP contribution in [0.25, 0.3) is 0 Å². The molecule has 0 saturated carbocycles. The van der Waals surface area contributed by atoms with Crippen LogP contribution in [0.5, 0.6) is 11.6 Å². The molecule has 1 aromatic carbocycles. The van der Waals surface area contributed by atoms with E-state index in [1.165, 1.54) is 0 Å². The zero-order chi connectivity index (χ0) is 14.7. The van der Waals surface area contributed by atoms with Crippen LogP contribution in [-0.2, 0) is 6.61 Å². The molecule has 0 unspecified atom stereocenters. The van der Waals surface area contributed by atoms with E-state index in [2.05, 4.69) is 4.98 Å². The molecule has 1 heterocycles. The number of aliphatic hydroxyl groups is 1. The number of nitrogens with zero attached hydrogens (tertiary/aromatic N) is 1. The van der Waals surface area contributed by atoms with Gasteiger partial charge in [0.25, 0.3) is 0 Å². The minimum atomic E-state index is -1.09. The molecular weight excluding hydrogens is 258 g/mol. The molecule has 0 bridgehead atoms. The van der Waals surface area contributed by atoms with Crippen LogP contribution in [0.2, 0.25) is 0 Å². The van der Waals surface area contributed by atoms with Crippen LogP contribution in [0.1, 0.15) is 27.2 Å². The molecule has 2 N–H and O–H groups in total. The predicted molar refractivity (Wildman–Crippen MR) is 73.1 cm³/mol. The van der Waals surface area contributed by atoms with Crippen molar-refractivity contribution in [1.29, 1.82) is 0 Å². The molecule has 0 saturated heterocycles. The van der Waals surface area contributed by atoms with Crippen molar-refractivity contribution < 1.29 is 19.7 Å². The summed E-state index contributed by atoms with van der Waals surface area (Å²) in [5.74, 6) is -0.655. The molecule has 5 heteroatoms.